The van der Waals surface area contributed by atoms with E-state index < -0.39 is 45.6 Å². The topological polar surface area (TPSA) is 91.7 Å². The van der Waals surface area contributed by atoms with Crippen LogP contribution in [0.3, 0.4) is 0 Å². The third-order valence-electron chi connectivity index (χ3n) is 11.0. The van der Waals surface area contributed by atoms with Gasteiger partial charge in [-0.1, -0.05) is 69.6 Å². The van der Waals surface area contributed by atoms with E-state index in [0.717, 1.165) is 16.7 Å². The summed E-state index contributed by atoms with van der Waals surface area (Å²) in [6, 6.07) is 0. The maximum absolute atomic E-state index is 12.8. The van der Waals surface area contributed by atoms with E-state index >= 15 is 0 Å². The van der Waals surface area contributed by atoms with Gasteiger partial charge in [-0.15, -0.1) is 0 Å². The van der Waals surface area contributed by atoms with Crippen molar-refractivity contribution in [2.45, 2.75) is 77.8 Å². The predicted octanol–water partition coefficient (Wildman–Crippen LogP) is 4.11. The van der Waals surface area contributed by atoms with Crippen LogP contribution in [0.25, 0.3) is 0 Å². The van der Waals surface area contributed by atoms with Crippen molar-refractivity contribution in [3.8, 4) is 0 Å². The maximum atomic E-state index is 12.8. The molecule has 5 nitrogen and oxygen atoms in total. The van der Waals surface area contributed by atoms with Gasteiger partial charge in [-0.05, 0) is 53.4 Å². The lowest BCUT2D eigenvalue weighted by atomic mass is 9.34. The van der Waals surface area contributed by atoms with Crippen LogP contribution in [0.5, 0.6) is 0 Å². The number of carbonyl (C=O) groups excluding carboxylic acids is 3. The van der Waals surface area contributed by atoms with Crippen LogP contribution in [0, 0.1) is 39.4 Å². The number of Topliss-reactive ketones (excluding diaryl/α,β-unsaturated/α-hetero) is 2. The number of carbonyl (C=O) groups is 3. The molecule has 10 atom stereocenters. The normalized spacial score (nSPS) is 52.5. The molecule has 0 heterocycles. The number of ketones is 3. The molecule has 5 aliphatic carbocycles. The van der Waals surface area contributed by atoms with Crippen LogP contribution in [-0.4, -0.2) is 44.6 Å². The monoisotopic (exact) mass is 530 g/mol. The molecule has 0 spiro atoms. The summed E-state index contributed by atoms with van der Waals surface area (Å²) in [5.41, 5.74) is 0.526. The van der Waals surface area contributed by atoms with Crippen molar-refractivity contribution in [3.63, 3.8) is 0 Å². The van der Waals surface area contributed by atoms with E-state index in [2.05, 4.69) is 42.8 Å². The third-order valence-corrected chi connectivity index (χ3v) is 12.3. The van der Waals surface area contributed by atoms with Gasteiger partial charge in [-0.3, -0.25) is 14.4 Å². The molecule has 0 amide bonds. The van der Waals surface area contributed by atoms with Gasteiger partial charge in [-0.2, -0.15) is 0 Å². The molecule has 0 radical (unpaired) electrons. The van der Waals surface area contributed by atoms with Crippen LogP contribution < -0.4 is 0 Å². The van der Waals surface area contributed by atoms with Gasteiger partial charge in [-0.25, -0.2) is 0 Å². The van der Waals surface area contributed by atoms with Gasteiger partial charge in [0.05, 0.1) is 6.10 Å². The summed E-state index contributed by atoms with van der Waals surface area (Å²) in [5, 5.41) is 23.0. The highest BCUT2D eigenvalue weighted by Crippen LogP contribution is 2.75. The van der Waals surface area contributed by atoms with E-state index in [4.69, 9.17) is 0 Å². The number of rotatable bonds is 0. The fourth-order valence-electron chi connectivity index (χ4n) is 8.65. The van der Waals surface area contributed by atoms with Crippen LogP contribution >= 0.6 is 15.9 Å². The molecule has 3 fully saturated rings. The second-order valence-electron chi connectivity index (χ2n) is 12.4. The van der Waals surface area contributed by atoms with Crippen molar-refractivity contribution in [3.05, 3.63) is 34.9 Å². The molecule has 0 saturated heterocycles. The number of aliphatic hydroxyl groups is 2. The summed E-state index contributed by atoms with van der Waals surface area (Å²) in [4.78, 5) is 37.8. The minimum Gasteiger partial charge on any atom is -0.392 e. The number of hydrogen-bond acceptors (Lipinski definition) is 5. The third kappa shape index (κ3) is 2.55. The Morgan fingerprint density at radius 2 is 1.65 bits per heavy atom. The number of alkyl halides is 1. The van der Waals surface area contributed by atoms with Crippen LogP contribution in [-0.2, 0) is 14.4 Å². The minimum absolute atomic E-state index is 0.0365. The Kier molecular flexibility index (Phi) is 5.08. The molecule has 0 aromatic rings. The molecule has 0 aromatic carbocycles. The van der Waals surface area contributed by atoms with Gasteiger partial charge in [0.2, 0.25) is 11.6 Å². The van der Waals surface area contributed by atoms with Gasteiger partial charge in [0, 0.05) is 32.9 Å². The van der Waals surface area contributed by atoms with Gasteiger partial charge < -0.3 is 10.2 Å². The van der Waals surface area contributed by atoms with E-state index in [-0.39, 0.29) is 28.2 Å². The number of hydrogen-bond donors (Lipinski definition) is 2. The summed E-state index contributed by atoms with van der Waals surface area (Å²) in [6.45, 7) is 12.1. The molecular formula is C28H35BrO5. The average molecular weight is 531 g/mol. The SMILES string of the molecule is CC1CC2C(C)(CC(O)C3(C)C4=CC=C5C(=CC(=O)C(=O)C5C)C4(C)C(Br)CC23C)C(O)C1=O. The van der Waals surface area contributed by atoms with E-state index in [0.29, 0.717) is 19.3 Å². The molecule has 6 heteroatoms. The van der Waals surface area contributed by atoms with E-state index in [1.807, 2.05) is 19.9 Å². The summed E-state index contributed by atoms with van der Waals surface area (Å²) in [7, 11) is 0. The van der Waals surface area contributed by atoms with Gasteiger partial charge >= 0.3 is 0 Å². The quantitative estimate of drug-likeness (QED) is 0.363. The highest BCUT2D eigenvalue weighted by Gasteiger charge is 2.72. The molecule has 34 heavy (non-hydrogen) atoms. The number of allylic oxidation sites excluding steroid dienone is 5. The Balaban J connectivity index is 1.73. The van der Waals surface area contributed by atoms with Crippen LogP contribution in [0.1, 0.15) is 60.8 Å². The Labute approximate surface area is 209 Å². The second kappa shape index (κ2) is 7.10. The van der Waals surface area contributed by atoms with Crippen molar-refractivity contribution < 1.29 is 24.6 Å². The molecule has 5 rings (SSSR count). The molecule has 184 valence electrons. The fourth-order valence-corrected chi connectivity index (χ4v) is 9.81. The van der Waals surface area contributed by atoms with Crippen molar-refractivity contribution in [2.75, 3.05) is 0 Å². The summed E-state index contributed by atoms with van der Waals surface area (Å²) < 4.78 is 0. The standard InChI is InChI=1S/C28H35BrO5/c1-13-9-19-25(3,24(34)22(13)32)12-21(31)28(6)18-8-7-15-14(2)23(33)17(30)10-16(15)27(18,5)20(29)11-26(19,28)4/h7-8,10,13-14,19-21,24,31,34H,9,11-12H2,1-6H3. The van der Waals surface area contributed by atoms with E-state index in [9.17, 15) is 24.6 Å². The first-order valence-corrected chi connectivity index (χ1v) is 13.3. The van der Waals surface area contributed by atoms with Crippen molar-refractivity contribution >= 4 is 33.3 Å². The zero-order valence-corrected chi connectivity index (χ0v) is 22.4. The Hall–Kier alpha value is -1.37. The maximum Gasteiger partial charge on any atom is 0.222 e. The van der Waals surface area contributed by atoms with Crippen LogP contribution in [0.15, 0.2) is 34.9 Å². The fraction of sp³-hybridized carbons (Fsp3) is 0.679. The van der Waals surface area contributed by atoms with Gasteiger partial charge in [0.1, 0.15) is 6.10 Å². The largest absolute Gasteiger partial charge is 0.392 e. The molecule has 3 saturated carbocycles. The lowest BCUT2D eigenvalue weighted by Crippen LogP contribution is -2.71. The zero-order valence-electron chi connectivity index (χ0n) is 20.8. The Bertz CT molecular complexity index is 1120. The summed E-state index contributed by atoms with van der Waals surface area (Å²) in [6.07, 6.45) is 5.45. The second-order valence-corrected chi connectivity index (χ2v) is 13.5. The average Bonchev–Trinajstić information content (AvgIpc) is 2.77. The molecule has 0 bridgehead atoms. The highest BCUT2D eigenvalue weighted by molar-refractivity contribution is 9.09. The predicted molar refractivity (Wildman–Crippen MR) is 132 cm³/mol. The first kappa shape index (κ1) is 24.3. The number of fused-ring (bicyclic) bond motifs is 7. The van der Waals surface area contributed by atoms with Crippen molar-refractivity contribution in [2.24, 2.45) is 39.4 Å². The minimum atomic E-state index is -1.09. The molecule has 0 aliphatic heterocycles. The van der Waals surface area contributed by atoms with Crippen molar-refractivity contribution in [1.82, 2.24) is 0 Å². The van der Waals surface area contributed by atoms with Crippen LogP contribution in [0.2, 0.25) is 0 Å². The Morgan fingerprint density at radius 1 is 1.00 bits per heavy atom. The van der Waals surface area contributed by atoms with E-state index in [1.165, 1.54) is 6.08 Å². The number of aliphatic hydroxyl groups excluding tert-OH is 2. The van der Waals surface area contributed by atoms with Gasteiger partial charge in [0.15, 0.2) is 5.78 Å². The lowest BCUT2D eigenvalue weighted by Gasteiger charge is -2.71. The lowest BCUT2D eigenvalue weighted by molar-refractivity contribution is -0.224. The number of halogens is 1. The molecular weight excluding hydrogens is 496 g/mol. The molecule has 5 aliphatic rings. The zero-order chi connectivity index (χ0) is 25.2. The Morgan fingerprint density at radius 3 is 2.29 bits per heavy atom. The van der Waals surface area contributed by atoms with Crippen molar-refractivity contribution in [1.29, 1.82) is 0 Å². The first-order chi connectivity index (χ1) is 15.7. The summed E-state index contributed by atoms with van der Waals surface area (Å²) in [5.74, 6) is -1.64. The first-order valence-electron chi connectivity index (χ1n) is 12.4. The summed E-state index contributed by atoms with van der Waals surface area (Å²) >= 11 is 4.00. The molecule has 10 unspecified atom stereocenters. The van der Waals surface area contributed by atoms with E-state index in [1.54, 1.807) is 6.92 Å². The highest BCUT2D eigenvalue weighted by atomic mass is 79.9. The van der Waals surface area contributed by atoms with Crippen LogP contribution in [0.4, 0.5) is 0 Å². The smallest absolute Gasteiger partial charge is 0.222 e. The van der Waals surface area contributed by atoms with Gasteiger partial charge in [0.25, 0.3) is 0 Å². The molecule has 2 N–H and O–H groups in total. The molecule has 0 aromatic heterocycles.